The molecule has 74 valence electrons. The van der Waals surface area contributed by atoms with Gasteiger partial charge in [-0.05, 0) is 63.7 Å². The topological polar surface area (TPSA) is 0 Å². The Labute approximate surface area is 108 Å². The van der Waals surface area contributed by atoms with Crippen LogP contribution in [-0.4, -0.2) is 0 Å². The summed E-state index contributed by atoms with van der Waals surface area (Å²) in [6, 6.07) is 0. The fraction of sp³-hybridized carbons (Fsp3) is 0.167. The summed E-state index contributed by atoms with van der Waals surface area (Å²) in [5.74, 6) is 1.43. The molecular formula is C12H13BrFe+2. The van der Waals surface area contributed by atoms with Crippen molar-refractivity contribution in [2.24, 2.45) is 0 Å². The maximum Gasteiger partial charge on any atom is 2.00 e. The predicted molar refractivity (Wildman–Crippen MR) is 60.1 cm³/mol. The Kier molecular flexibility index (Phi) is 9.90. The first-order chi connectivity index (χ1) is 6.33. The molecule has 0 aromatic rings. The summed E-state index contributed by atoms with van der Waals surface area (Å²) >= 11 is 3.28. The van der Waals surface area contributed by atoms with E-state index in [0.29, 0.717) is 0 Å². The zero-order valence-electron chi connectivity index (χ0n) is 8.06. The molecule has 2 rings (SSSR count). The summed E-state index contributed by atoms with van der Waals surface area (Å²) in [6.45, 7) is 2.16. The van der Waals surface area contributed by atoms with E-state index < -0.39 is 0 Å². The Bertz CT molecular complexity index is 115. The van der Waals surface area contributed by atoms with Gasteiger partial charge >= 0.3 is 17.1 Å². The molecule has 0 aromatic heterocycles. The minimum absolute atomic E-state index is 0. The van der Waals surface area contributed by atoms with E-state index in [1.807, 2.05) is 25.7 Å². The van der Waals surface area contributed by atoms with Crippen molar-refractivity contribution in [2.75, 3.05) is 0 Å². The zero-order chi connectivity index (χ0) is 9.52. The standard InChI is InChI=1S/C7H9.C5H4Br.Fe/c1-2-7-5-3-4-6-7;6-5-3-1-2-4-5;/h3-6H,2H2,1H3;1-4H;/q;;+2. The maximum atomic E-state index is 3.28. The first-order valence-corrected chi connectivity index (χ1v) is 5.20. The third-order valence-electron chi connectivity index (χ3n) is 1.76. The Morgan fingerprint density at radius 3 is 1.57 bits per heavy atom. The summed E-state index contributed by atoms with van der Waals surface area (Å²) in [6.07, 6.45) is 17.6. The fourth-order valence-electron chi connectivity index (χ4n) is 1.00. The molecule has 0 nitrogen and oxygen atoms in total. The number of halogens is 1. The molecule has 10 radical (unpaired) electrons. The Hall–Kier alpha value is 0.999. The van der Waals surface area contributed by atoms with Crippen LogP contribution in [0.5, 0.6) is 0 Å². The minimum Gasteiger partial charge on any atom is -0.0831 e. The Balaban J connectivity index is 0.000000227. The van der Waals surface area contributed by atoms with Crippen molar-refractivity contribution in [2.45, 2.75) is 13.3 Å². The second-order valence-electron chi connectivity index (χ2n) is 2.75. The molecule has 0 aliphatic heterocycles. The molecule has 2 saturated carbocycles. The van der Waals surface area contributed by atoms with Crippen molar-refractivity contribution < 1.29 is 17.1 Å². The molecule has 2 aliphatic rings. The van der Waals surface area contributed by atoms with Gasteiger partial charge in [-0.25, -0.2) is 0 Å². The van der Waals surface area contributed by atoms with E-state index in [0.717, 1.165) is 11.2 Å². The van der Waals surface area contributed by atoms with Crippen LogP contribution in [0.15, 0.2) is 0 Å². The average Bonchev–Trinajstić information content (AvgIpc) is 2.76. The normalized spacial score (nSPS) is 22.7. The molecule has 0 aromatic carbocycles. The summed E-state index contributed by atoms with van der Waals surface area (Å²) in [4.78, 5) is 1.16. The van der Waals surface area contributed by atoms with Gasteiger partial charge in [0.05, 0.1) is 0 Å². The predicted octanol–water partition coefficient (Wildman–Crippen LogP) is 3.54. The van der Waals surface area contributed by atoms with Crippen molar-refractivity contribution in [3.05, 3.63) is 62.1 Å². The van der Waals surface area contributed by atoms with Crippen molar-refractivity contribution in [1.29, 1.82) is 0 Å². The van der Waals surface area contributed by atoms with Crippen LogP contribution in [0.25, 0.3) is 0 Å². The molecule has 2 fully saturated rings. The molecule has 0 saturated heterocycles. The van der Waals surface area contributed by atoms with Gasteiger partial charge < -0.3 is 0 Å². The van der Waals surface area contributed by atoms with Gasteiger partial charge in [0.1, 0.15) is 0 Å². The van der Waals surface area contributed by atoms with Crippen LogP contribution >= 0.6 is 15.9 Å². The number of hydrogen-bond acceptors (Lipinski definition) is 0. The van der Waals surface area contributed by atoms with Crippen LogP contribution in [0.4, 0.5) is 0 Å². The van der Waals surface area contributed by atoms with Crippen molar-refractivity contribution >= 4 is 15.9 Å². The van der Waals surface area contributed by atoms with E-state index in [9.17, 15) is 0 Å². The van der Waals surface area contributed by atoms with Crippen LogP contribution in [-0.2, 0) is 17.1 Å². The largest absolute Gasteiger partial charge is 2.00 e. The first kappa shape index (κ1) is 15.0. The van der Waals surface area contributed by atoms with Gasteiger partial charge in [-0.15, -0.1) is 0 Å². The third kappa shape index (κ3) is 6.48. The van der Waals surface area contributed by atoms with Crippen LogP contribution in [0.2, 0.25) is 0 Å². The molecule has 0 atom stereocenters. The van der Waals surface area contributed by atoms with Gasteiger partial charge in [-0.2, -0.15) is 0 Å². The second kappa shape index (κ2) is 9.24. The van der Waals surface area contributed by atoms with Gasteiger partial charge in [0.2, 0.25) is 0 Å². The molecule has 0 N–H and O–H groups in total. The van der Waals surface area contributed by atoms with E-state index in [1.165, 1.54) is 5.92 Å². The molecule has 0 heterocycles. The quantitative estimate of drug-likeness (QED) is 0.649. The summed E-state index contributed by atoms with van der Waals surface area (Å²) in [5, 5.41) is 0. The van der Waals surface area contributed by atoms with Crippen molar-refractivity contribution in [1.82, 2.24) is 0 Å². The Morgan fingerprint density at radius 1 is 0.929 bits per heavy atom. The van der Waals surface area contributed by atoms with Gasteiger partial charge in [0.25, 0.3) is 0 Å². The molecule has 0 bridgehead atoms. The molecular weight excluding hydrogens is 280 g/mol. The molecule has 0 spiro atoms. The van der Waals surface area contributed by atoms with E-state index >= 15 is 0 Å². The maximum absolute atomic E-state index is 3.28. The van der Waals surface area contributed by atoms with Crippen molar-refractivity contribution in [3.63, 3.8) is 0 Å². The fourth-order valence-corrected chi connectivity index (χ4v) is 1.31. The molecule has 0 amide bonds. The smallest absolute Gasteiger partial charge is 0.0831 e. The summed E-state index contributed by atoms with van der Waals surface area (Å²) in [5.41, 5.74) is 0. The van der Waals surface area contributed by atoms with Crippen LogP contribution in [0.1, 0.15) is 13.3 Å². The van der Waals surface area contributed by atoms with Crippen LogP contribution in [0, 0.1) is 62.1 Å². The monoisotopic (exact) mass is 292 g/mol. The first-order valence-electron chi connectivity index (χ1n) is 4.40. The van der Waals surface area contributed by atoms with E-state index in [2.05, 4.69) is 48.5 Å². The number of hydrogen-bond donors (Lipinski definition) is 0. The van der Waals surface area contributed by atoms with E-state index in [4.69, 9.17) is 0 Å². The molecule has 2 aliphatic carbocycles. The molecule has 0 unspecified atom stereocenters. The third-order valence-corrected chi connectivity index (χ3v) is 2.29. The van der Waals surface area contributed by atoms with E-state index in [-0.39, 0.29) is 17.1 Å². The van der Waals surface area contributed by atoms with E-state index in [1.54, 1.807) is 0 Å². The Morgan fingerprint density at radius 2 is 1.36 bits per heavy atom. The van der Waals surface area contributed by atoms with Crippen molar-refractivity contribution in [3.8, 4) is 0 Å². The zero-order valence-corrected chi connectivity index (χ0v) is 10.7. The second-order valence-corrected chi connectivity index (χ2v) is 3.67. The van der Waals surface area contributed by atoms with Gasteiger partial charge in [0.15, 0.2) is 0 Å². The summed E-state index contributed by atoms with van der Waals surface area (Å²) in [7, 11) is 0. The van der Waals surface area contributed by atoms with Gasteiger partial charge in [-0.1, -0.05) is 22.9 Å². The van der Waals surface area contributed by atoms with Crippen LogP contribution in [0.3, 0.4) is 0 Å². The summed E-state index contributed by atoms with van der Waals surface area (Å²) < 4.78 is 0. The minimum atomic E-state index is 0. The average molecular weight is 293 g/mol. The number of rotatable bonds is 1. The van der Waals surface area contributed by atoms with Gasteiger partial charge in [0, 0.05) is 4.83 Å². The molecule has 2 heteroatoms. The van der Waals surface area contributed by atoms with Gasteiger partial charge in [-0.3, -0.25) is 0 Å². The SMILES string of the molecule is Br[C]1[CH][CH][CH][CH]1.CC[C]1[CH][CH][CH][CH]1.[Fe+2]. The molecule has 14 heavy (non-hydrogen) atoms. The van der Waals surface area contributed by atoms with Crippen LogP contribution < -0.4 is 0 Å².